The quantitative estimate of drug-likeness (QED) is 0.565. The summed E-state index contributed by atoms with van der Waals surface area (Å²) in [5.41, 5.74) is 9.91. The van der Waals surface area contributed by atoms with Gasteiger partial charge in [-0.25, -0.2) is 9.78 Å². The van der Waals surface area contributed by atoms with Crippen LogP contribution in [0.25, 0.3) is 10.2 Å². The number of hydrogen-bond acceptors (Lipinski definition) is 6. The molecule has 0 fully saturated rings. The lowest BCUT2D eigenvalue weighted by atomic mass is 10.0. The first-order chi connectivity index (χ1) is 12.0. The molecule has 0 unspecified atom stereocenters. The van der Waals surface area contributed by atoms with Gasteiger partial charge >= 0.3 is 5.97 Å². The molecule has 6 heteroatoms. The summed E-state index contributed by atoms with van der Waals surface area (Å²) in [7, 11) is 2.09. The summed E-state index contributed by atoms with van der Waals surface area (Å²) < 4.78 is 5.54. The first-order valence-corrected chi connectivity index (χ1v) is 9.01. The largest absolute Gasteiger partial charge is 0.422 e. The van der Waals surface area contributed by atoms with Gasteiger partial charge in [0.15, 0.2) is 0 Å². The van der Waals surface area contributed by atoms with Gasteiger partial charge in [0.1, 0.15) is 15.5 Å². The molecule has 3 heterocycles. The molecule has 2 aromatic heterocycles. The molecular formula is C19H19N3O2S. The van der Waals surface area contributed by atoms with Gasteiger partial charge in [-0.15, -0.1) is 11.3 Å². The highest BCUT2D eigenvalue weighted by molar-refractivity contribution is 7.21. The molecule has 4 rings (SSSR count). The van der Waals surface area contributed by atoms with Crippen LogP contribution in [0.5, 0.6) is 5.75 Å². The number of likely N-dealkylation sites (N-methyl/N-ethyl adjacent to an activating group) is 1. The first-order valence-electron chi connectivity index (χ1n) is 8.20. The Morgan fingerprint density at radius 2 is 2.16 bits per heavy atom. The van der Waals surface area contributed by atoms with Crippen molar-refractivity contribution in [3.8, 4) is 5.75 Å². The predicted octanol–water partition coefficient (Wildman–Crippen LogP) is 3.39. The normalized spacial score (nSPS) is 14.5. The third kappa shape index (κ3) is 2.88. The summed E-state index contributed by atoms with van der Waals surface area (Å²) in [5, 5.41) is 0.843. The fourth-order valence-corrected chi connectivity index (χ4v) is 4.08. The average Bonchev–Trinajstić information content (AvgIpc) is 2.91. The Morgan fingerprint density at radius 3 is 2.96 bits per heavy atom. The van der Waals surface area contributed by atoms with E-state index < -0.39 is 5.97 Å². The second-order valence-corrected chi connectivity index (χ2v) is 7.43. The fourth-order valence-electron chi connectivity index (χ4n) is 3.11. The van der Waals surface area contributed by atoms with E-state index in [0.29, 0.717) is 16.3 Å². The number of thiophene rings is 1. The van der Waals surface area contributed by atoms with Crippen LogP contribution >= 0.6 is 11.3 Å². The van der Waals surface area contributed by atoms with Gasteiger partial charge in [-0.1, -0.05) is 18.2 Å². The van der Waals surface area contributed by atoms with Crippen molar-refractivity contribution in [3.05, 3.63) is 52.0 Å². The summed E-state index contributed by atoms with van der Waals surface area (Å²) in [4.78, 5) is 20.8. The van der Waals surface area contributed by atoms with Crippen LogP contribution in [0.2, 0.25) is 0 Å². The van der Waals surface area contributed by atoms with Crippen molar-refractivity contribution < 1.29 is 9.53 Å². The number of pyridine rings is 1. The Morgan fingerprint density at radius 1 is 1.36 bits per heavy atom. The van der Waals surface area contributed by atoms with Crippen LogP contribution in [-0.4, -0.2) is 29.4 Å². The van der Waals surface area contributed by atoms with Crippen molar-refractivity contribution >= 4 is 33.2 Å². The number of ether oxygens (including phenoxy) is 1. The molecule has 1 aromatic carbocycles. The number of nitrogens with zero attached hydrogens (tertiary/aromatic N) is 2. The zero-order chi connectivity index (χ0) is 17.6. The second-order valence-electron chi connectivity index (χ2n) is 6.43. The molecule has 5 nitrogen and oxygen atoms in total. The molecule has 0 bridgehead atoms. The van der Waals surface area contributed by atoms with Gasteiger partial charge < -0.3 is 15.4 Å². The number of rotatable bonds is 2. The highest BCUT2D eigenvalue weighted by atomic mass is 32.1. The Kier molecular flexibility index (Phi) is 3.94. The minimum Gasteiger partial charge on any atom is -0.422 e. The third-order valence-corrected chi connectivity index (χ3v) is 5.64. The number of nitrogen functional groups attached to an aromatic ring is 1. The number of benzene rings is 1. The highest BCUT2D eigenvalue weighted by Gasteiger charge is 2.23. The fraction of sp³-hybridized carbons (Fsp3) is 0.263. The van der Waals surface area contributed by atoms with Gasteiger partial charge in [-0.2, -0.15) is 0 Å². The van der Waals surface area contributed by atoms with Gasteiger partial charge in [0.25, 0.3) is 0 Å². The molecule has 0 saturated carbocycles. The van der Waals surface area contributed by atoms with Crippen LogP contribution in [0.4, 0.5) is 5.69 Å². The van der Waals surface area contributed by atoms with E-state index in [4.69, 9.17) is 15.5 Å². The smallest absolute Gasteiger partial charge is 0.355 e. The molecule has 3 aromatic rings. The molecule has 0 radical (unpaired) electrons. The molecule has 0 saturated heterocycles. The van der Waals surface area contributed by atoms with Crippen molar-refractivity contribution in [1.29, 1.82) is 0 Å². The number of fused-ring (bicyclic) bond motifs is 2. The van der Waals surface area contributed by atoms with Crippen molar-refractivity contribution in [2.24, 2.45) is 0 Å². The number of hydrogen-bond donors (Lipinski definition) is 1. The standard InChI is InChI=1S/C19H19N3O2S/c1-11-5-3-4-6-15(11)24-19(23)17-16(20)13-9-12-10-22(2)8-7-14(12)21-18(13)25-17/h3-6,9H,7-8,10,20H2,1-2H3. The van der Waals surface area contributed by atoms with Crippen molar-refractivity contribution in [1.82, 2.24) is 9.88 Å². The van der Waals surface area contributed by atoms with E-state index in [0.717, 1.165) is 41.0 Å². The number of para-hydroxylation sites is 1. The second kappa shape index (κ2) is 6.13. The van der Waals surface area contributed by atoms with Crippen molar-refractivity contribution in [2.45, 2.75) is 19.9 Å². The van der Waals surface area contributed by atoms with E-state index in [2.05, 4.69) is 18.0 Å². The molecule has 1 aliphatic heterocycles. The predicted molar refractivity (Wildman–Crippen MR) is 100 cm³/mol. The van der Waals surface area contributed by atoms with Crippen LogP contribution < -0.4 is 10.5 Å². The summed E-state index contributed by atoms with van der Waals surface area (Å²) in [5.74, 6) is 0.128. The summed E-state index contributed by atoms with van der Waals surface area (Å²) >= 11 is 1.31. The number of aryl methyl sites for hydroxylation is 1. The lowest BCUT2D eigenvalue weighted by Gasteiger charge is -2.24. The molecule has 128 valence electrons. The maximum Gasteiger partial charge on any atom is 0.355 e. The van der Waals surface area contributed by atoms with Gasteiger partial charge in [-0.05, 0) is 37.2 Å². The van der Waals surface area contributed by atoms with E-state index >= 15 is 0 Å². The SMILES string of the molecule is Cc1ccccc1OC(=O)c1sc2nc3c(cc2c1N)CN(C)CC3. The summed E-state index contributed by atoms with van der Waals surface area (Å²) in [6, 6.07) is 9.51. The maximum atomic E-state index is 12.6. The molecule has 25 heavy (non-hydrogen) atoms. The van der Waals surface area contributed by atoms with Gasteiger partial charge in [0.2, 0.25) is 0 Å². The Balaban J connectivity index is 1.72. The number of esters is 1. The van der Waals surface area contributed by atoms with E-state index in [1.54, 1.807) is 6.07 Å². The topological polar surface area (TPSA) is 68.4 Å². The minimum absolute atomic E-state index is 0.418. The Bertz CT molecular complexity index is 980. The Hall–Kier alpha value is -2.44. The third-order valence-electron chi connectivity index (χ3n) is 4.54. The monoisotopic (exact) mass is 353 g/mol. The van der Waals surface area contributed by atoms with Gasteiger partial charge in [0.05, 0.1) is 5.69 Å². The van der Waals surface area contributed by atoms with E-state index in [1.165, 1.54) is 16.9 Å². The van der Waals surface area contributed by atoms with E-state index in [1.807, 2.05) is 25.1 Å². The number of anilines is 1. The minimum atomic E-state index is -0.426. The van der Waals surface area contributed by atoms with Crippen LogP contribution in [0.1, 0.15) is 26.5 Å². The average molecular weight is 353 g/mol. The highest BCUT2D eigenvalue weighted by Crippen LogP contribution is 2.35. The number of aromatic nitrogens is 1. The lowest BCUT2D eigenvalue weighted by Crippen LogP contribution is -2.27. The molecule has 0 amide bonds. The lowest BCUT2D eigenvalue weighted by molar-refractivity contribution is 0.0739. The van der Waals surface area contributed by atoms with Crippen molar-refractivity contribution in [2.75, 3.05) is 19.3 Å². The molecule has 1 aliphatic rings. The van der Waals surface area contributed by atoms with E-state index in [9.17, 15) is 4.79 Å². The molecule has 0 aliphatic carbocycles. The van der Waals surface area contributed by atoms with E-state index in [-0.39, 0.29) is 0 Å². The zero-order valence-electron chi connectivity index (χ0n) is 14.2. The first kappa shape index (κ1) is 16.1. The van der Waals surface area contributed by atoms with Crippen molar-refractivity contribution in [3.63, 3.8) is 0 Å². The van der Waals surface area contributed by atoms with Gasteiger partial charge in [0, 0.05) is 30.6 Å². The number of carbonyl (C=O) groups is 1. The summed E-state index contributed by atoms with van der Waals surface area (Å²) in [6.45, 7) is 3.76. The van der Waals surface area contributed by atoms with Crippen LogP contribution in [0.3, 0.4) is 0 Å². The Labute approximate surface area is 150 Å². The number of carbonyl (C=O) groups excluding carboxylic acids is 1. The number of nitrogens with two attached hydrogens (primary N) is 1. The summed E-state index contributed by atoms with van der Waals surface area (Å²) in [6.07, 6.45) is 0.919. The molecule has 2 N–H and O–H groups in total. The van der Waals surface area contributed by atoms with Crippen LogP contribution in [0, 0.1) is 6.92 Å². The zero-order valence-corrected chi connectivity index (χ0v) is 15.0. The maximum absolute atomic E-state index is 12.6. The molecular weight excluding hydrogens is 334 g/mol. The van der Waals surface area contributed by atoms with Crippen LogP contribution in [0.15, 0.2) is 30.3 Å². The molecule has 0 spiro atoms. The van der Waals surface area contributed by atoms with Crippen LogP contribution in [-0.2, 0) is 13.0 Å². The molecule has 0 atom stereocenters. The van der Waals surface area contributed by atoms with Gasteiger partial charge in [-0.3, -0.25) is 0 Å².